The van der Waals surface area contributed by atoms with Gasteiger partial charge in [0.2, 0.25) is 15.9 Å². The molecule has 0 aromatic heterocycles. The average Bonchev–Trinajstić information content (AvgIpc) is 3.01. The first-order chi connectivity index (χ1) is 20.6. The summed E-state index contributed by atoms with van der Waals surface area (Å²) in [5.74, 6) is 0.0453. The molecular weight excluding hydrogens is 590 g/mol. The fourth-order valence-electron chi connectivity index (χ4n) is 4.67. The van der Waals surface area contributed by atoms with E-state index >= 15 is 0 Å². The van der Waals surface area contributed by atoms with Crippen molar-refractivity contribution in [2.24, 2.45) is 5.92 Å². The molecule has 1 fully saturated rings. The van der Waals surface area contributed by atoms with Crippen LogP contribution in [0.15, 0.2) is 83.8 Å². The van der Waals surface area contributed by atoms with E-state index in [0.717, 1.165) is 12.0 Å². The molecule has 1 atom stereocenters. The monoisotopic (exact) mass is 627 g/mol. The fraction of sp³-hybridized carbons (Fsp3) is 0.375. The molecule has 0 saturated carbocycles. The number of nitrogens with zero attached hydrogens (tertiary/aromatic N) is 2. The Labute approximate surface area is 258 Å². The molecule has 1 N–H and O–H groups in total. The van der Waals surface area contributed by atoms with E-state index < -0.39 is 22.0 Å². The van der Waals surface area contributed by atoms with Crippen LogP contribution in [-0.4, -0.2) is 68.9 Å². The van der Waals surface area contributed by atoms with Crippen molar-refractivity contribution in [1.29, 1.82) is 0 Å². The van der Waals surface area contributed by atoms with E-state index in [4.69, 9.17) is 21.1 Å². The van der Waals surface area contributed by atoms with Gasteiger partial charge >= 0.3 is 0 Å². The molecule has 0 bridgehead atoms. The number of carbonyl (C=O) groups excluding carboxylic acids is 2. The van der Waals surface area contributed by atoms with Crippen molar-refractivity contribution < 1.29 is 27.5 Å². The summed E-state index contributed by atoms with van der Waals surface area (Å²) in [6, 6.07) is 21.3. The molecule has 1 saturated heterocycles. The lowest BCUT2D eigenvalue weighted by Crippen LogP contribution is -2.45. The van der Waals surface area contributed by atoms with Gasteiger partial charge in [0.25, 0.3) is 5.91 Å². The van der Waals surface area contributed by atoms with E-state index in [2.05, 4.69) is 19.2 Å². The number of hydrogen-bond acceptors (Lipinski definition) is 6. The number of ether oxygens (including phenoxy) is 2. The van der Waals surface area contributed by atoms with E-state index in [1.165, 1.54) is 33.5 Å². The normalized spacial score (nSPS) is 14.7. The van der Waals surface area contributed by atoms with Gasteiger partial charge in [-0.25, -0.2) is 8.42 Å². The molecule has 1 aliphatic heterocycles. The SMILES string of the molecule is CC(C)CCNC(=O)[C@@H](c1ccccc1)N(Cc1ccc(Cl)cc1)C(=O)COc1ccc(S(=O)(=O)N2CCOCC2)cc1. The number of rotatable bonds is 13. The zero-order chi connectivity index (χ0) is 30.8. The van der Waals surface area contributed by atoms with Crippen LogP contribution >= 0.6 is 11.6 Å². The molecule has 3 aromatic carbocycles. The predicted molar refractivity (Wildman–Crippen MR) is 165 cm³/mol. The molecule has 3 aromatic rings. The summed E-state index contributed by atoms with van der Waals surface area (Å²) in [5, 5.41) is 3.57. The number of sulfonamides is 1. The van der Waals surface area contributed by atoms with Gasteiger partial charge in [-0.15, -0.1) is 0 Å². The molecule has 43 heavy (non-hydrogen) atoms. The summed E-state index contributed by atoms with van der Waals surface area (Å²) in [5.41, 5.74) is 1.47. The van der Waals surface area contributed by atoms with Gasteiger partial charge in [-0.05, 0) is 59.9 Å². The van der Waals surface area contributed by atoms with E-state index in [1.54, 1.807) is 12.1 Å². The minimum atomic E-state index is -3.66. The third-order valence-electron chi connectivity index (χ3n) is 7.08. The molecule has 1 aliphatic rings. The van der Waals surface area contributed by atoms with Crippen LogP contribution in [0.5, 0.6) is 5.75 Å². The molecule has 0 unspecified atom stereocenters. The molecule has 9 nitrogen and oxygen atoms in total. The first-order valence-electron chi connectivity index (χ1n) is 14.3. The Morgan fingerprint density at radius 1 is 0.977 bits per heavy atom. The maximum atomic E-state index is 13.8. The molecule has 0 spiro atoms. The number of halogens is 1. The van der Waals surface area contributed by atoms with Gasteiger partial charge in [-0.2, -0.15) is 4.31 Å². The van der Waals surface area contributed by atoms with Crippen molar-refractivity contribution in [2.45, 2.75) is 37.8 Å². The number of nitrogens with one attached hydrogen (secondary N) is 1. The van der Waals surface area contributed by atoms with Crippen molar-refractivity contribution in [1.82, 2.24) is 14.5 Å². The molecule has 0 radical (unpaired) electrons. The van der Waals surface area contributed by atoms with Crippen molar-refractivity contribution in [2.75, 3.05) is 39.5 Å². The summed E-state index contributed by atoms with van der Waals surface area (Å²) in [6.07, 6.45) is 0.804. The second kappa shape index (κ2) is 15.3. The van der Waals surface area contributed by atoms with Crippen molar-refractivity contribution >= 4 is 33.4 Å². The Morgan fingerprint density at radius 3 is 2.26 bits per heavy atom. The lowest BCUT2D eigenvalue weighted by Gasteiger charge is -2.31. The third kappa shape index (κ3) is 9.03. The number of amides is 2. The molecule has 4 rings (SSSR count). The highest BCUT2D eigenvalue weighted by atomic mass is 35.5. The van der Waals surface area contributed by atoms with Gasteiger partial charge in [-0.1, -0.05) is 67.9 Å². The Balaban J connectivity index is 1.54. The minimum absolute atomic E-state index is 0.139. The second-order valence-electron chi connectivity index (χ2n) is 10.7. The summed E-state index contributed by atoms with van der Waals surface area (Å²) in [4.78, 5) is 29.1. The van der Waals surface area contributed by atoms with Gasteiger partial charge in [0.15, 0.2) is 6.61 Å². The lowest BCUT2D eigenvalue weighted by atomic mass is 10.0. The Morgan fingerprint density at radius 2 is 1.63 bits per heavy atom. The summed E-state index contributed by atoms with van der Waals surface area (Å²) in [7, 11) is -3.66. The van der Waals surface area contributed by atoms with Crippen LogP contribution in [0, 0.1) is 5.92 Å². The maximum absolute atomic E-state index is 13.8. The van der Waals surface area contributed by atoms with Crippen molar-refractivity contribution in [3.63, 3.8) is 0 Å². The Bertz CT molecular complexity index is 1440. The van der Waals surface area contributed by atoms with Gasteiger partial charge in [0.05, 0.1) is 18.1 Å². The minimum Gasteiger partial charge on any atom is -0.484 e. The number of morpholine rings is 1. The molecule has 2 amide bonds. The van der Waals surface area contributed by atoms with Crippen LogP contribution in [0.3, 0.4) is 0 Å². The van der Waals surface area contributed by atoms with E-state index in [-0.39, 0.29) is 24.0 Å². The topological polar surface area (TPSA) is 105 Å². The van der Waals surface area contributed by atoms with E-state index in [9.17, 15) is 18.0 Å². The fourth-order valence-corrected chi connectivity index (χ4v) is 6.20. The highest BCUT2D eigenvalue weighted by Crippen LogP contribution is 2.26. The summed E-state index contributed by atoms with van der Waals surface area (Å²) < 4.78 is 38.4. The predicted octanol–water partition coefficient (Wildman–Crippen LogP) is 4.67. The highest BCUT2D eigenvalue weighted by molar-refractivity contribution is 7.89. The van der Waals surface area contributed by atoms with E-state index in [0.29, 0.717) is 55.1 Å². The van der Waals surface area contributed by atoms with Crippen molar-refractivity contribution in [3.05, 3.63) is 95.0 Å². The quantitative estimate of drug-likeness (QED) is 0.295. The summed E-state index contributed by atoms with van der Waals surface area (Å²) in [6.45, 7) is 5.75. The largest absolute Gasteiger partial charge is 0.484 e. The van der Waals surface area contributed by atoms with Crippen molar-refractivity contribution in [3.8, 4) is 5.75 Å². The van der Waals surface area contributed by atoms with Crippen LogP contribution < -0.4 is 10.1 Å². The van der Waals surface area contributed by atoms with Gasteiger partial charge in [0.1, 0.15) is 11.8 Å². The molecule has 11 heteroatoms. The lowest BCUT2D eigenvalue weighted by molar-refractivity contribution is -0.143. The zero-order valence-electron chi connectivity index (χ0n) is 24.4. The highest BCUT2D eigenvalue weighted by Gasteiger charge is 2.32. The number of hydrogen-bond donors (Lipinski definition) is 1. The Hall–Kier alpha value is -3.44. The van der Waals surface area contributed by atoms with Gasteiger partial charge in [0, 0.05) is 31.2 Å². The van der Waals surface area contributed by atoms with Crippen LogP contribution in [0.25, 0.3) is 0 Å². The molecular formula is C32H38ClN3O6S. The Kier molecular flexibility index (Phi) is 11.6. The van der Waals surface area contributed by atoms with Gasteiger partial charge in [-0.3, -0.25) is 9.59 Å². The molecule has 230 valence electrons. The van der Waals surface area contributed by atoms with E-state index in [1.807, 2.05) is 42.5 Å². The van der Waals surface area contributed by atoms with Crippen LogP contribution in [-0.2, 0) is 30.9 Å². The first-order valence-corrected chi connectivity index (χ1v) is 16.1. The number of carbonyl (C=O) groups is 2. The molecule has 0 aliphatic carbocycles. The standard InChI is InChI=1S/C32H38ClN3O6S/c1-24(2)16-17-34-32(38)31(26-6-4-3-5-7-26)36(22-25-8-10-27(33)11-9-25)30(37)23-42-28-12-14-29(15-13-28)43(39,40)35-18-20-41-21-19-35/h3-15,24,31H,16-23H2,1-2H3,(H,34,38)/t31-/m1/s1. The third-order valence-corrected chi connectivity index (χ3v) is 9.24. The second-order valence-corrected chi connectivity index (χ2v) is 13.1. The number of benzene rings is 3. The first kappa shape index (κ1) is 32.5. The smallest absolute Gasteiger partial charge is 0.261 e. The maximum Gasteiger partial charge on any atom is 0.261 e. The van der Waals surface area contributed by atoms with Gasteiger partial charge < -0.3 is 19.7 Å². The average molecular weight is 628 g/mol. The zero-order valence-corrected chi connectivity index (χ0v) is 26.0. The van der Waals surface area contributed by atoms with Crippen LogP contribution in [0.2, 0.25) is 5.02 Å². The van der Waals surface area contributed by atoms with Crippen LogP contribution in [0.1, 0.15) is 37.4 Å². The molecule has 1 heterocycles. The van der Waals surface area contributed by atoms with Crippen LogP contribution in [0.4, 0.5) is 0 Å². The summed E-state index contributed by atoms with van der Waals surface area (Å²) >= 11 is 6.09.